The number of aromatic nitrogens is 1. The number of fused-ring (bicyclic) bond motifs is 1. The van der Waals surface area contributed by atoms with Crippen LogP contribution in [0.5, 0.6) is 0 Å². The number of hydrogen-bond acceptors (Lipinski definition) is 4. The van der Waals surface area contributed by atoms with Crippen molar-refractivity contribution in [3.63, 3.8) is 0 Å². The molecule has 0 saturated carbocycles. The van der Waals surface area contributed by atoms with Crippen molar-refractivity contribution in [2.75, 3.05) is 5.32 Å². The van der Waals surface area contributed by atoms with E-state index < -0.39 is 11.9 Å². The van der Waals surface area contributed by atoms with Crippen LogP contribution in [0.2, 0.25) is 0 Å². The fourth-order valence-electron chi connectivity index (χ4n) is 2.80. The van der Waals surface area contributed by atoms with E-state index in [1.165, 1.54) is 17.4 Å². The first kappa shape index (κ1) is 16.9. The van der Waals surface area contributed by atoms with Crippen molar-refractivity contribution in [2.45, 2.75) is 0 Å². The molecule has 0 aliphatic heterocycles. The SMILES string of the molecule is O=C(Nc1ccccc1C(=O)O)c1csc(-c2ccc3ccccc3c2)n1. The van der Waals surface area contributed by atoms with Gasteiger partial charge in [0.1, 0.15) is 10.7 Å². The predicted molar refractivity (Wildman–Crippen MR) is 106 cm³/mol. The van der Waals surface area contributed by atoms with Gasteiger partial charge < -0.3 is 10.4 Å². The molecule has 0 fully saturated rings. The first-order chi connectivity index (χ1) is 13.1. The molecule has 6 heteroatoms. The maximum Gasteiger partial charge on any atom is 0.337 e. The van der Waals surface area contributed by atoms with Crippen LogP contribution in [-0.2, 0) is 0 Å². The Labute approximate surface area is 158 Å². The number of nitrogens with zero attached hydrogens (tertiary/aromatic N) is 1. The number of carbonyl (C=O) groups is 2. The number of carboxylic acid groups (broad SMARTS) is 1. The highest BCUT2D eigenvalue weighted by molar-refractivity contribution is 7.13. The molecule has 0 unspecified atom stereocenters. The number of carboxylic acids is 1. The number of benzene rings is 3. The molecule has 132 valence electrons. The predicted octanol–water partition coefficient (Wildman–Crippen LogP) is 4.91. The van der Waals surface area contributed by atoms with Crippen LogP contribution in [0.3, 0.4) is 0 Å². The molecule has 0 aliphatic rings. The standard InChI is InChI=1S/C21H14N2O3S/c24-19(22-17-8-4-3-7-16(17)21(25)26)18-12-27-20(23-18)15-10-9-13-5-1-2-6-14(13)11-15/h1-12H,(H,22,24)(H,25,26). The molecule has 4 rings (SSSR count). The largest absolute Gasteiger partial charge is 0.478 e. The van der Waals surface area contributed by atoms with Gasteiger partial charge in [0, 0.05) is 10.9 Å². The minimum atomic E-state index is -1.10. The second-order valence-corrected chi connectivity index (χ2v) is 6.76. The van der Waals surface area contributed by atoms with E-state index in [0.717, 1.165) is 21.3 Å². The Morgan fingerprint density at radius 3 is 2.48 bits per heavy atom. The number of para-hydroxylation sites is 1. The van der Waals surface area contributed by atoms with Crippen LogP contribution in [0.1, 0.15) is 20.8 Å². The molecule has 0 aliphatic carbocycles. The van der Waals surface area contributed by atoms with Gasteiger partial charge in [-0.15, -0.1) is 11.3 Å². The zero-order valence-electron chi connectivity index (χ0n) is 14.0. The van der Waals surface area contributed by atoms with Gasteiger partial charge in [-0.3, -0.25) is 4.79 Å². The number of rotatable bonds is 4. The van der Waals surface area contributed by atoms with Crippen LogP contribution in [0.15, 0.2) is 72.1 Å². The Balaban J connectivity index is 1.60. The van der Waals surface area contributed by atoms with E-state index in [1.54, 1.807) is 23.6 Å². The molecule has 0 bridgehead atoms. The third kappa shape index (κ3) is 3.43. The van der Waals surface area contributed by atoms with E-state index in [1.807, 2.05) is 42.5 Å². The second kappa shape index (κ2) is 7.01. The molecule has 4 aromatic rings. The number of aromatic carboxylic acids is 1. The van der Waals surface area contributed by atoms with Crippen molar-refractivity contribution in [1.82, 2.24) is 4.98 Å². The maximum atomic E-state index is 12.5. The monoisotopic (exact) mass is 374 g/mol. The summed E-state index contributed by atoms with van der Waals surface area (Å²) in [7, 11) is 0. The molecule has 2 N–H and O–H groups in total. The lowest BCUT2D eigenvalue weighted by Crippen LogP contribution is -2.15. The first-order valence-corrected chi connectivity index (χ1v) is 9.08. The van der Waals surface area contributed by atoms with Gasteiger partial charge in [0.15, 0.2) is 0 Å². The summed E-state index contributed by atoms with van der Waals surface area (Å²) < 4.78 is 0. The van der Waals surface area contributed by atoms with Gasteiger partial charge in [-0.2, -0.15) is 0 Å². The van der Waals surface area contributed by atoms with Crippen LogP contribution < -0.4 is 5.32 Å². The average Bonchev–Trinajstić information content (AvgIpc) is 3.18. The summed E-state index contributed by atoms with van der Waals surface area (Å²) in [4.78, 5) is 28.2. The molecule has 0 atom stereocenters. The minimum Gasteiger partial charge on any atom is -0.478 e. The Morgan fingerprint density at radius 1 is 0.926 bits per heavy atom. The molecule has 1 aromatic heterocycles. The number of hydrogen-bond donors (Lipinski definition) is 2. The van der Waals surface area contributed by atoms with E-state index in [-0.39, 0.29) is 16.9 Å². The summed E-state index contributed by atoms with van der Waals surface area (Å²) in [6.07, 6.45) is 0. The fraction of sp³-hybridized carbons (Fsp3) is 0. The van der Waals surface area contributed by atoms with Crippen molar-refractivity contribution in [2.24, 2.45) is 0 Å². The van der Waals surface area contributed by atoms with Crippen LogP contribution in [0.4, 0.5) is 5.69 Å². The van der Waals surface area contributed by atoms with Gasteiger partial charge in [-0.05, 0) is 29.0 Å². The summed E-state index contributed by atoms with van der Waals surface area (Å²) >= 11 is 1.37. The summed E-state index contributed by atoms with van der Waals surface area (Å²) in [6, 6.07) is 20.4. The molecule has 0 spiro atoms. The molecular weight excluding hydrogens is 360 g/mol. The molecule has 0 radical (unpaired) electrons. The second-order valence-electron chi connectivity index (χ2n) is 5.90. The zero-order valence-corrected chi connectivity index (χ0v) is 14.9. The number of anilines is 1. The Kier molecular flexibility index (Phi) is 4.40. The van der Waals surface area contributed by atoms with Gasteiger partial charge >= 0.3 is 5.97 Å². The van der Waals surface area contributed by atoms with Gasteiger partial charge in [-0.1, -0.05) is 48.5 Å². The van der Waals surface area contributed by atoms with E-state index in [0.29, 0.717) is 0 Å². The molecule has 27 heavy (non-hydrogen) atoms. The summed E-state index contributed by atoms with van der Waals surface area (Å²) in [6.45, 7) is 0. The quantitative estimate of drug-likeness (QED) is 0.532. The molecule has 1 amide bonds. The van der Waals surface area contributed by atoms with Crippen molar-refractivity contribution in [3.8, 4) is 10.6 Å². The lowest BCUT2D eigenvalue weighted by molar-refractivity contribution is 0.0698. The van der Waals surface area contributed by atoms with Crippen LogP contribution in [0.25, 0.3) is 21.3 Å². The van der Waals surface area contributed by atoms with Gasteiger partial charge in [0.2, 0.25) is 0 Å². The Morgan fingerprint density at radius 2 is 1.67 bits per heavy atom. The van der Waals surface area contributed by atoms with Gasteiger partial charge in [0.25, 0.3) is 5.91 Å². The minimum absolute atomic E-state index is 0.0378. The highest BCUT2D eigenvalue weighted by Crippen LogP contribution is 2.27. The average molecular weight is 374 g/mol. The van der Waals surface area contributed by atoms with Crippen molar-refractivity contribution in [1.29, 1.82) is 0 Å². The highest BCUT2D eigenvalue weighted by atomic mass is 32.1. The topological polar surface area (TPSA) is 79.3 Å². The smallest absolute Gasteiger partial charge is 0.337 e. The van der Waals surface area contributed by atoms with E-state index >= 15 is 0 Å². The van der Waals surface area contributed by atoms with Crippen molar-refractivity contribution < 1.29 is 14.7 Å². The van der Waals surface area contributed by atoms with Crippen LogP contribution in [-0.4, -0.2) is 22.0 Å². The Bertz CT molecular complexity index is 1170. The number of nitrogens with one attached hydrogen (secondary N) is 1. The van der Waals surface area contributed by atoms with Crippen molar-refractivity contribution in [3.05, 3.63) is 83.4 Å². The van der Waals surface area contributed by atoms with Gasteiger partial charge in [-0.25, -0.2) is 9.78 Å². The number of amides is 1. The molecule has 5 nitrogen and oxygen atoms in total. The summed E-state index contributed by atoms with van der Waals surface area (Å²) in [5, 5.41) is 16.5. The number of thiazole rings is 1. The lowest BCUT2D eigenvalue weighted by Gasteiger charge is -2.06. The third-order valence-electron chi connectivity index (χ3n) is 4.14. The summed E-state index contributed by atoms with van der Waals surface area (Å²) in [5.41, 5.74) is 1.47. The molecular formula is C21H14N2O3S. The van der Waals surface area contributed by atoms with Crippen LogP contribution in [0, 0.1) is 0 Å². The molecule has 0 saturated heterocycles. The van der Waals surface area contributed by atoms with E-state index in [9.17, 15) is 14.7 Å². The van der Waals surface area contributed by atoms with E-state index in [2.05, 4.69) is 10.3 Å². The first-order valence-electron chi connectivity index (χ1n) is 8.20. The summed E-state index contributed by atoms with van der Waals surface area (Å²) in [5.74, 6) is -1.53. The lowest BCUT2D eigenvalue weighted by atomic mass is 10.1. The van der Waals surface area contributed by atoms with E-state index in [4.69, 9.17) is 0 Å². The molecule has 3 aromatic carbocycles. The third-order valence-corrected chi connectivity index (χ3v) is 5.03. The highest BCUT2D eigenvalue weighted by Gasteiger charge is 2.16. The molecule has 1 heterocycles. The maximum absolute atomic E-state index is 12.5. The van der Waals surface area contributed by atoms with Crippen LogP contribution >= 0.6 is 11.3 Å². The zero-order chi connectivity index (χ0) is 18.8. The van der Waals surface area contributed by atoms with Crippen molar-refractivity contribution >= 4 is 39.7 Å². The number of carbonyl (C=O) groups excluding carboxylic acids is 1. The fourth-order valence-corrected chi connectivity index (χ4v) is 3.60. The normalized spacial score (nSPS) is 10.7. The van der Waals surface area contributed by atoms with Gasteiger partial charge in [0.05, 0.1) is 11.3 Å². The Hall–Kier alpha value is -3.51.